The third-order valence-electron chi connectivity index (χ3n) is 6.69. The van der Waals surface area contributed by atoms with Crippen molar-refractivity contribution in [2.45, 2.75) is 17.7 Å². The van der Waals surface area contributed by atoms with Crippen LogP contribution in [0.4, 0.5) is 0 Å². The number of carbonyl (C=O) groups excluding carboxylic acids is 2. The Kier molecular flexibility index (Phi) is 7.91. The van der Waals surface area contributed by atoms with E-state index in [9.17, 15) is 18.0 Å². The van der Waals surface area contributed by atoms with E-state index in [1.807, 2.05) is 4.90 Å². The highest BCUT2D eigenvalue weighted by Crippen LogP contribution is 2.25. The molecule has 9 nitrogen and oxygen atoms in total. The molecule has 33 heavy (non-hydrogen) atoms. The molecule has 0 unspecified atom stereocenters. The van der Waals surface area contributed by atoms with Gasteiger partial charge in [-0.25, -0.2) is 8.42 Å². The SMILES string of the molecule is O=C(CN1CCN(CC(=O)N2CCN(S(=O)(=O)c3ccccc3Cl)CC2)CC1)N1CCCC1. The van der Waals surface area contributed by atoms with Gasteiger partial charge in [-0.3, -0.25) is 19.4 Å². The van der Waals surface area contributed by atoms with Crippen LogP contribution in [0.3, 0.4) is 0 Å². The molecule has 2 amide bonds. The molecule has 182 valence electrons. The number of rotatable bonds is 6. The van der Waals surface area contributed by atoms with Crippen LogP contribution in [0.15, 0.2) is 29.2 Å². The Balaban J connectivity index is 1.21. The zero-order valence-corrected chi connectivity index (χ0v) is 20.4. The van der Waals surface area contributed by atoms with E-state index < -0.39 is 10.0 Å². The normalized spacial score (nSPS) is 21.5. The second-order valence-corrected chi connectivity index (χ2v) is 11.2. The molecule has 0 spiro atoms. The number of halogens is 1. The van der Waals surface area contributed by atoms with Gasteiger partial charge in [0, 0.05) is 65.4 Å². The molecule has 1 aromatic carbocycles. The van der Waals surface area contributed by atoms with Crippen molar-refractivity contribution < 1.29 is 18.0 Å². The standard InChI is InChI=1S/C22H32ClN5O4S/c23-19-5-1-2-6-20(19)33(31,32)28-15-13-27(14-16-28)22(30)18-25-11-9-24(10-12-25)17-21(29)26-7-3-4-8-26/h1-2,5-6H,3-4,7-18H2. The number of carbonyl (C=O) groups is 2. The Morgan fingerprint density at radius 1 is 0.727 bits per heavy atom. The summed E-state index contributed by atoms with van der Waals surface area (Å²) in [5.41, 5.74) is 0. The van der Waals surface area contributed by atoms with Crippen LogP contribution in [-0.2, 0) is 19.6 Å². The van der Waals surface area contributed by atoms with Crippen LogP contribution >= 0.6 is 11.6 Å². The number of hydrogen-bond acceptors (Lipinski definition) is 6. The minimum atomic E-state index is -3.67. The van der Waals surface area contributed by atoms with E-state index in [-0.39, 0.29) is 34.8 Å². The molecule has 1 aromatic rings. The van der Waals surface area contributed by atoms with Crippen molar-refractivity contribution in [2.24, 2.45) is 0 Å². The zero-order chi connectivity index (χ0) is 23.4. The van der Waals surface area contributed by atoms with Crippen molar-refractivity contribution in [3.8, 4) is 0 Å². The first-order valence-corrected chi connectivity index (χ1v) is 13.4. The highest BCUT2D eigenvalue weighted by Gasteiger charge is 2.32. The summed E-state index contributed by atoms with van der Waals surface area (Å²) in [6.07, 6.45) is 2.20. The topological polar surface area (TPSA) is 84.5 Å². The first-order valence-electron chi connectivity index (χ1n) is 11.6. The number of likely N-dealkylation sites (tertiary alicyclic amines) is 1. The summed E-state index contributed by atoms with van der Waals surface area (Å²) < 4.78 is 27.2. The smallest absolute Gasteiger partial charge is 0.244 e. The Morgan fingerprint density at radius 2 is 1.21 bits per heavy atom. The Labute approximate surface area is 200 Å². The predicted molar refractivity (Wildman–Crippen MR) is 125 cm³/mol. The van der Waals surface area contributed by atoms with Gasteiger partial charge in [0.1, 0.15) is 4.90 Å². The van der Waals surface area contributed by atoms with E-state index in [0.29, 0.717) is 26.2 Å². The van der Waals surface area contributed by atoms with Gasteiger partial charge in [-0.2, -0.15) is 4.31 Å². The van der Waals surface area contributed by atoms with Gasteiger partial charge in [0.25, 0.3) is 0 Å². The molecule has 0 bridgehead atoms. The van der Waals surface area contributed by atoms with Crippen LogP contribution in [-0.4, -0.2) is 123 Å². The van der Waals surface area contributed by atoms with Crippen LogP contribution in [0.1, 0.15) is 12.8 Å². The van der Waals surface area contributed by atoms with Crippen molar-refractivity contribution in [1.82, 2.24) is 23.9 Å². The fourth-order valence-corrected chi connectivity index (χ4v) is 6.54. The minimum Gasteiger partial charge on any atom is -0.342 e. The van der Waals surface area contributed by atoms with Gasteiger partial charge < -0.3 is 9.80 Å². The van der Waals surface area contributed by atoms with E-state index in [1.54, 1.807) is 23.1 Å². The summed E-state index contributed by atoms with van der Waals surface area (Å²) in [5, 5.41) is 0.206. The monoisotopic (exact) mass is 497 g/mol. The molecule has 4 rings (SSSR count). The number of benzene rings is 1. The number of amides is 2. The van der Waals surface area contributed by atoms with Crippen molar-refractivity contribution in [1.29, 1.82) is 0 Å². The number of nitrogens with zero attached hydrogens (tertiary/aromatic N) is 5. The molecule has 3 aliphatic heterocycles. The lowest BCUT2D eigenvalue weighted by Crippen LogP contribution is -2.55. The zero-order valence-electron chi connectivity index (χ0n) is 18.9. The molecule has 11 heteroatoms. The summed E-state index contributed by atoms with van der Waals surface area (Å²) >= 11 is 6.09. The Morgan fingerprint density at radius 3 is 1.73 bits per heavy atom. The molecule has 0 N–H and O–H groups in total. The molecule has 3 fully saturated rings. The average molecular weight is 498 g/mol. The summed E-state index contributed by atoms with van der Waals surface area (Å²) in [4.78, 5) is 33.2. The Bertz CT molecular complexity index is 953. The maximum Gasteiger partial charge on any atom is 0.244 e. The summed E-state index contributed by atoms with van der Waals surface area (Å²) in [6, 6.07) is 6.42. The van der Waals surface area contributed by atoms with E-state index >= 15 is 0 Å². The highest BCUT2D eigenvalue weighted by atomic mass is 35.5. The summed E-state index contributed by atoms with van der Waals surface area (Å²) in [7, 11) is -3.67. The summed E-state index contributed by atoms with van der Waals surface area (Å²) in [5.74, 6) is 0.230. The molecule has 0 atom stereocenters. The van der Waals surface area contributed by atoms with Gasteiger partial charge in [0.05, 0.1) is 18.1 Å². The first-order chi connectivity index (χ1) is 15.8. The molecular formula is C22H32ClN5O4S. The van der Waals surface area contributed by atoms with E-state index in [2.05, 4.69) is 9.80 Å². The average Bonchev–Trinajstić information content (AvgIpc) is 3.36. The Hall–Kier alpha value is -1.72. The lowest BCUT2D eigenvalue weighted by atomic mass is 10.3. The minimum absolute atomic E-state index is 0.0198. The second kappa shape index (κ2) is 10.7. The third-order valence-corrected chi connectivity index (χ3v) is 9.09. The van der Waals surface area contributed by atoms with Gasteiger partial charge in [-0.05, 0) is 25.0 Å². The van der Waals surface area contributed by atoms with E-state index in [1.165, 1.54) is 10.4 Å². The van der Waals surface area contributed by atoms with Crippen molar-refractivity contribution in [2.75, 3.05) is 78.5 Å². The fourth-order valence-electron chi connectivity index (χ4n) is 4.63. The molecular weight excluding hydrogens is 466 g/mol. The lowest BCUT2D eigenvalue weighted by Gasteiger charge is -2.37. The van der Waals surface area contributed by atoms with Gasteiger partial charge in [0.2, 0.25) is 21.8 Å². The molecule has 3 heterocycles. The number of sulfonamides is 1. The quantitative estimate of drug-likeness (QED) is 0.566. The van der Waals surface area contributed by atoms with Crippen LogP contribution in [0, 0.1) is 0 Å². The van der Waals surface area contributed by atoms with E-state index in [4.69, 9.17) is 11.6 Å². The third kappa shape index (κ3) is 5.86. The van der Waals surface area contributed by atoms with Gasteiger partial charge in [-0.1, -0.05) is 23.7 Å². The molecule has 0 aliphatic carbocycles. The summed E-state index contributed by atoms with van der Waals surface area (Å²) in [6.45, 7) is 6.83. The van der Waals surface area contributed by atoms with Crippen molar-refractivity contribution >= 4 is 33.4 Å². The van der Waals surface area contributed by atoms with Crippen molar-refractivity contribution in [3.63, 3.8) is 0 Å². The number of piperazine rings is 2. The van der Waals surface area contributed by atoms with Crippen LogP contribution in [0.25, 0.3) is 0 Å². The van der Waals surface area contributed by atoms with Crippen LogP contribution < -0.4 is 0 Å². The van der Waals surface area contributed by atoms with Gasteiger partial charge in [0.15, 0.2) is 0 Å². The van der Waals surface area contributed by atoms with Crippen LogP contribution in [0.5, 0.6) is 0 Å². The predicted octanol–water partition coefficient (Wildman–Crippen LogP) is 0.413. The van der Waals surface area contributed by atoms with Gasteiger partial charge >= 0.3 is 0 Å². The fraction of sp³-hybridized carbons (Fsp3) is 0.636. The number of hydrogen-bond donors (Lipinski definition) is 0. The van der Waals surface area contributed by atoms with Crippen LogP contribution in [0.2, 0.25) is 5.02 Å². The highest BCUT2D eigenvalue weighted by molar-refractivity contribution is 7.89. The van der Waals surface area contributed by atoms with E-state index in [0.717, 1.165) is 52.1 Å². The molecule has 0 saturated carbocycles. The molecule has 3 saturated heterocycles. The first kappa shape index (κ1) is 24.4. The van der Waals surface area contributed by atoms with Gasteiger partial charge in [-0.15, -0.1) is 0 Å². The molecule has 0 radical (unpaired) electrons. The molecule has 0 aromatic heterocycles. The maximum atomic E-state index is 12.9. The van der Waals surface area contributed by atoms with Crippen molar-refractivity contribution in [3.05, 3.63) is 29.3 Å². The lowest BCUT2D eigenvalue weighted by molar-refractivity contribution is -0.135. The molecule has 3 aliphatic rings. The maximum absolute atomic E-state index is 12.9. The second-order valence-electron chi connectivity index (χ2n) is 8.86. The largest absolute Gasteiger partial charge is 0.342 e.